The van der Waals surface area contributed by atoms with E-state index in [0.717, 1.165) is 30.1 Å². The van der Waals surface area contributed by atoms with Crippen LogP contribution in [0.5, 0.6) is 0 Å². The van der Waals surface area contributed by atoms with Crippen LogP contribution >= 0.6 is 0 Å². The first-order valence-electron chi connectivity index (χ1n) is 7.76. The third kappa shape index (κ3) is 2.52. The summed E-state index contributed by atoms with van der Waals surface area (Å²) >= 11 is 0. The van der Waals surface area contributed by atoms with Crippen LogP contribution in [0.25, 0.3) is 0 Å². The van der Waals surface area contributed by atoms with E-state index in [9.17, 15) is 4.79 Å². The van der Waals surface area contributed by atoms with Gasteiger partial charge in [0.1, 0.15) is 0 Å². The van der Waals surface area contributed by atoms with Gasteiger partial charge in [0.15, 0.2) is 11.5 Å². The van der Waals surface area contributed by atoms with Gasteiger partial charge in [-0.15, -0.1) is 0 Å². The maximum absolute atomic E-state index is 12.3. The molecule has 4 rings (SSSR count). The number of carbonyl (C=O) groups excluding carboxylic acids is 1. The van der Waals surface area contributed by atoms with Crippen LogP contribution in [0.15, 0.2) is 12.5 Å². The Labute approximate surface area is 128 Å². The quantitative estimate of drug-likeness (QED) is 0.900. The van der Waals surface area contributed by atoms with Crippen LogP contribution in [0, 0.1) is 5.92 Å². The van der Waals surface area contributed by atoms with Crippen molar-refractivity contribution in [3.63, 3.8) is 0 Å². The van der Waals surface area contributed by atoms with E-state index in [2.05, 4.69) is 20.5 Å². The molecule has 7 heteroatoms. The number of fused-ring (bicyclic) bond motifs is 1. The zero-order valence-electron chi connectivity index (χ0n) is 12.3. The lowest BCUT2D eigenvalue weighted by atomic mass is 9.85. The van der Waals surface area contributed by atoms with Crippen molar-refractivity contribution in [3.8, 4) is 0 Å². The number of nitrogens with zero attached hydrogens (tertiary/aromatic N) is 3. The Kier molecular flexibility index (Phi) is 3.42. The Morgan fingerprint density at radius 1 is 1.50 bits per heavy atom. The van der Waals surface area contributed by atoms with Gasteiger partial charge in [0.05, 0.1) is 19.5 Å². The Morgan fingerprint density at radius 2 is 2.41 bits per heavy atom. The van der Waals surface area contributed by atoms with Gasteiger partial charge in [-0.05, 0) is 18.8 Å². The standard InChI is InChI=1S/C15H19N5O2/c21-15(14-11-8-22-5-4-12(11)18-19-14)17-13-7-20(9-16-13)6-10-2-1-3-10/h7,9-10H,1-6,8H2,(H,17,21)(H,18,19). The van der Waals surface area contributed by atoms with Gasteiger partial charge in [-0.3, -0.25) is 9.89 Å². The van der Waals surface area contributed by atoms with Crippen LogP contribution in [0.1, 0.15) is 41.0 Å². The van der Waals surface area contributed by atoms with Crippen molar-refractivity contribution in [2.45, 2.75) is 38.8 Å². The van der Waals surface area contributed by atoms with Gasteiger partial charge in [0, 0.05) is 30.4 Å². The predicted octanol–water partition coefficient (Wildman–Crippen LogP) is 1.73. The first-order valence-corrected chi connectivity index (χ1v) is 7.76. The van der Waals surface area contributed by atoms with E-state index >= 15 is 0 Å². The number of anilines is 1. The van der Waals surface area contributed by atoms with E-state index in [1.54, 1.807) is 6.33 Å². The number of amides is 1. The molecule has 2 N–H and O–H groups in total. The molecule has 0 unspecified atom stereocenters. The molecule has 22 heavy (non-hydrogen) atoms. The molecule has 0 saturated heterocycles. The molecule has 2 aromatic rings. The molecule has 0 radical (unpaired) electrons. The topological polar surface area (TPSA) is 84.8 Å². The number of ether oxygens (including phenoxy) is 1. The summed E-state index contributed by atoms with van der Waals surface area (Å²) in [5, 5.41) is 9.86. The van der Waals surface area contributed by atoms with Crippen LogP contribution in [0.3, 0.4) is 0 Å². The molecule has 0 spiro atoms. The predicted molar refractivity (Wildman–Crippen MR) is 79.5 cm³/mol. The molecule has 7 nitrogen and oxygen atoms in total. The molecular formula is C15H19N5O2. The molecule has 1 aliphatic heterocycles. The number of aromatic amines is 1. The van der Waals surface area contributed by atoms with Crippen molar-refractivity contribution in [1.29, 1.82) is 0 Å². The summed E-state index contributed by atoms with van der Waals surface area (Å²) in [7, 11) is 0. The largest absolute Gasteiger partial charge is 0.376 e. The summed E-state index contributed by atoms with van der Waals surface area (Å²) in [5.74, 6) is 1.09. The highest BCUT2D eigenvalue weighted by molar-refractivity contribution is 6.03. The monoisotopic (exact) mass is 301 g/mol. The Morgan fingerprint density at radius 3 is 3.23 bits per heavy atom. The second-order valence-corrected chi connectivity index (χ2v) is 6.04. The van der Waals surface area contributed by atoms with E-state index in [0.29, 0.717) is 24.7 Å². The lowest BCUT2D eigenvalue weighted by molar-refractivity contribution is 0.0985. The third-order valence-corrected chi connectivity index (χ3v) is 4.48. The van der Waals surface area contributed by atoms with Crippen molar-refractivity contribution in [2.24, 2.45) is 5.92 Å². The zero-order valence-corrected chi connectivity index (χ0v) is 12.3. The van der Waals surface area contributed by atoms with Crippen LogP contribution in [0.2, 0.25) is 0 Å². The van der Waals surface area contributed by atoms with Gasteiger partial charge in [-0.25, -0.2) is 4.98 Å². The highest BCUT2D eigenvalue weighted by atomic mass is 16.5. The molecular weight excluding hydrogens is 282 g/mol. The Balaban J connectivity index is 1.44. The lowest BCUT2D eigenvalue weighted by Crippen LogP contribution is -2.18. The summed E-state index contributed by atoms with van der Waals surface area (Å²) in [4.78, 5) is 16.6. The van der Waals surface area contributed by atoms with Gasteiger partial charge in [-0.1, -0.05) is 6.42 Å². The lowest BCUT2D eigenvalue weighted by Gasteiger charge is -2.25. The Bertz CT molecular complexity index is 686. The molecule has 2 aromatic heterocycles. The smallest absolute Gasteiger partial charge is 0.277 e. The first-order chi connectivity index (χ1) is 10.8. The van der Waals surface area contributed by atoms with Gasteiger partial charge < -0.3 is 14.6 Å². The van der Waals surface area contributed by atoms with Crippen LogP contribution < -0.4 is 5.32 Å². The van der Waals surface area contributed by atoms with E-state index in [1.807, 2.05) is 10.8 Å². The summed E-state index contributed by atoms with van der Waals surface area (Å²) in [6.07, 6.45) is 8.34. The number of nitrogens with one attached hydrogen (secondary N) is 2. The van der Waals surface area contributed by atoms with Gasteiger partial charge in [0.2, 0.25) is 0 Å². The number of rotatable bonds is 4. The van der Waals surface area contributed by atoms with Gasteiger partial charge in [0.25, 0.3) is 5.91 Å². The number of imidazole rings is 1. The second kappa shape index (κ2) is 5.57. The average molecular weight is 301 g/mol. The summed E-state index contributed by atoms with van der Waals surface area (Å²) in [6, 6.07) is 0. The summed E-state index contributed by atoms with van der Waals surface area (Å²) in [5.41, 5.74) is 2.26. The minimum Gasteiger partial charge on any atom is -0.376 e. The highest BCUT2D eigenvalue weighted by Crippen LogP contribution is 2.28. The molecule has 2 aliphatic rings. The fourth-order valence-electron chi connectivity index (χ4n) is 2.97. The number of aromatic nitrogens is 4. The fraction of sp³-hybridized carbons (Fsp3) is 0.533. The minimum absolute atomic E-state index is 0.239. The van der Waals surface area contributed by atoms with Crippen LogP contribution in [-0.4, -0.2) is 32.3 Å². The van der Waals surface area contributed by atoms with Crippen LogP contribution in [0.4, 0.5) is 5.82 Å². The van der Waals surface area contributed by atoms with E-state index in [4.69, 9.17) is 4.74 Å². The van der Waals surface area contributed by atoms with E-state index < -0.39 is 0 Å². The SMILES string of the molecule is O=C(Nc1cn(CC2CCC2)cn1)c1n[nH]c2c1COCC2. The first kappa shape index (κ1) is 13.5. The third-order valence-electron chi connectivity index (χ3n) is 4.48. The average Bonchev–Trinajstić information content (AvgIpc) is 3.09. The second-order valence-electron chi connectivity index (χ2n) is 6.04. The van der Waals surface area contributed by atoms with Gasteiger partial charge >= 0.3 is 0 Å². The Hall–Kier alpha value is -2.15. The molecule has 1 fully saturated rings. The van der Waals surface area contributed by atoms with Crippen molar-refractivity contribution in [2.75, 3.05) is 11.9 Å². The summed E-state index contributed by atoms with van der Waals surface area (Å²) in [6.45, 7) is 2.08. The number of hydrogen-bond donors (Lipinski definition) is 2. The molecule has 1 aliphatic carbocycles. The van der Waals surface area contributed by atoms with Crippen molar-refractivity contribution < 1.29 is 9.53 Å². The van der Waals surface area contributed by atoms with Crippen molar-refractivity contribution >= 4 is 11.7 Å². The van der Waals surface area contributed by atoms with E-state index in [-0.39, 0.29) is 5.91 Å². The maximum Gasteiger partial charge on any atom is 0.277 e. The molecule has 1 saturated carbocycles. The molecule has 116 valence electrons. The van der Waals surface area contributed by atoms with Gasteiger partial charge in [-0.2, -0.15) is 5.10 Å². The fourth-order valence-corrected chi connectivity index (χ4v) is 2.97. The highest BCUT2D eigenvalue weighted by Gasteiger charge is 2.23. The van der Waals surface area contributed by atoms with Crippen molar-refractivity contribution in [3.05, 3.63) is 29.5 Å². The number of H-pyrrole nitrogens is 1. The minimum atomic E-state index is -0.239. The molecule has 1 amide bonds. The van der Waals surface area contributed by atoms with E-state index in [1.165, 1.54) is 19.3 Å². The van der Waals surface area contributed by atoms with Crippen LogP contribution in [-0.2, 0) is 24.3 Å². The molecule has 0 aromatic carbocycles. The maximum atomic E-state index is 12.3. The molecule has 0 atom stereocenters. The zero-order chi connectivity index (χ0) is 14.9. The summed E-state index contributed by atoms with van der Waals surface area (Å²) < 4.78 is 7.45. The number of hydrogen-bond acceptors (Lipinski definition) is 4. The van der Waals surface area contributed by atoms with Crippen molar-refractivity contribution in [1.82, 2.24) is 19.7 Å². The molecule has 3 heterocycles. The molecule has 0 bridgehead atoms. The normalized spacial score (nSPS) is 17.8. The number of carbonyl (C=O) groups is 1.